The van der Waals surface area contributed by atoms with Crippen LogP contribution >= 0.6 is 0 Å². The number of hydrogen-bond acceptors (Lipinski definition) is 5. The van der Waals surface area contributed by atoms with Crippen LogP contribution in [-0.4, -0.2) is 21.2 Å². The summed E-state index contributed by atoms with van der Waals surface area (Å²) in [4.78, 5) is 3.66. The zero-order chi connectivity index (χ0) is 12.3. The predicted octanol–water partition coefficient (Wildman–Crippen LogP) is 1.77. The topological polar surface area (TPSA) is 63.8 Å². The van der Waals surface area contributed by atoms with Crippen molar-refractivity contribution in [3.8, 4) is 11.5 Å². The number of rotatable bonds is 4. The van der Waals surface area contributed by atoms with Crippen molar-refractivity contribution < 1.29 is 8.81 Å². The number of nitrogens with zero attached hydrogens (tertiary/aromatic N) is 3. The molecule has 0 spiro atoms. The molecule has 6 heteroatoms. The van der Waals surface area contributed by atoms with Crippen molar-refractivity contribution in [1.29, 1.82) is 0 Å². The Hall–Kier alpha value is -1.82. The van der Waals surface area contributed by atoms with E-state index < -0.39 is 5.82 Å². The minimum Gasteiger partial charge on any atom is -0.419 e. The van der Waals surface area contributed by atoms with Crippen molar-refractivity contribution in [2.24, 2.45) is 0 Å². The third-order valence-corrected chi connectivity index (χ3v) is 2.13. The first kappa shape index (κ1) is 11.7. The number of pyridine rings is 1. The summed E-state index contributed by atoms with van der Waals surface area (Å²) < 4.78 is 18.7. The Balaban J connectivity index is 2.16. The van der Waals surface area contributed by atoms with Gasteiger partial charge in [0.25, 0.3) is 5.89 Å². The van der Waals surface area contributed by atoms with Crippen LogP contribution in [-0.2, 0) is 6.54 Å². The van der Waals surface area contributed by atoms with Crippen molar-refractivity contribution in [3.05, 3.63) is 30.2 Å². The third-order valence-electron chi connectivity index (χ3n) is 2.13. The van der Waals surface area contributed by atoms with E-state index in [-0.39, 0.29) is 11.5 Å². The lowest BCUT2D eigenvalue weighted by atomic mass is 10.2. The first-order valence-electron chi connectivity index (χ1n) is 5.32. The molecule has 90 valence electrons. The van der Waals surface area contributed by atoms with E-state index in [1.807, 2.05) is 13.8 Å². The molecule has 2 rings (SSSR count). The molecule has 2 heterocycles. The molecule has 2 aromatic rings. The molecule has 0 aliphatic heterocycles. The predicted molar refractivity (Wildman–Crippen MR) is 59.5 cm³/mol. The van der Waals surface area contributed by atoms with Gasteiger partial charge in [-0.15, -0.1) is 10.2 Å². The van der Waals surface area contributed by atoms with Gasteiger partial charge in [0.1, 0.15) is 0 Å². The first-order chi connectivity index (χ1) is 8.16. The van der Waals surface area contributed by atoms with Gasteiger partial charge < -0.3 is 9.73 Å². The summed E-state index contributed by atoms with van der Waals surface area (Å²) in [6.07, 6.45) is 2.60. The van der Waals surface area contributed by atoms with Gasteiger partial charge in [0, 0.05) is 12.2 Å². The van der Waals surface area contributed by atoms with Gasteiger partial charge in [0.15, 0.2) is 5.82 Å². The Kier molecular flexibility index (Phi) is 3.43. The van der Waals surface area contributed by atoms with E-state index in [2.05, 4.69) is 20.5 Å². The van der Waals surface area contributed by atoms with Crippen LogP contribution in [0.4, 0.5) is 4.39 Å². The van der Waals surface area contributed by atoms with E-state index in [4.69, 9.17) is 4.42 Å². The molecular weight excluding hydrogens is 223 g/mol. The molecule has 0 aliphatic rings. The molecule has 1 N–H and O–H groups in total. The summed E-state index contributed by atoms with van der Waals surface area (Å²) in [6.45, 7) is 4.50. The average Bonchev–Trinajstić information content (AvgIpc) is 2.75. The Morgan fingerprint density at radius 2 is 2.24 bits per heavy atom. The van der Waals surface area contributed by atoms with E-state index in [9.17, 15) is 4.39 Å². The van der Waals surface area contributed by atoms with Crippen LogP contribution in [0.15, 0.2) is 22.9 Å². The molecule has 0 unspecified atom stereocenters. The van der Waals surface area contributed by atoms with Gasteiger partial charge in [-0.2, -0.15) is 0 Å². The fraction of sp³-hybridized carbons (Fsp3) is 0.364. The second kappa shape index (κ2) is 5.01. The van der Waals surface area contributed by atoms with Crippen LogP contribution in [0.25, 0.3) is 11.5 Å². The smallest absolute Gasteiger partial charge is 0.250 e. The van der Waals surface area contributed by atoms with Crippen LogP contribution in [0.3, 0.4) is 0 Å². The number of hydrogen-bond donors (Lipinski definition) is 1. The standard InChI is InChI=1S/C11H13FN4O/c1-7(2)14-6-10-15-16-11(17-10)8-3-4-13-5-9(8)12/h3-5,7,14H,6H2,1-2H3. The van der Waals surface area contributed by atoms with Gasteiger partial charge in [-0.25, -0.2) is 4.39 Å². The number of nitrogens with one attached hydrogen (secondary N) is 1. The van der Waals surface area contributed by atoms with Gasteiger partial charge in [-0.05, 0) is 6.07 Å². The molecule has 5 nitrogen and oxygen atoms in total. The molecule has 0 aromatic carbocycles. The quantitative estimate of drug-likeness (QED) is 0.876. The molecule has 0 amide bonds. The van der Waals surface area contributed by atoms with Crippen LogP contribution in [0.5, 0.6) is 0 Å². The molecule has 17 heavy (non-hydrogen) atoms. The Morgan fingerprint density at radius 1 is 1.41 bits per heavy atom. The Labute approximate surface area is 98.1 Å². The van der Waals surface area contributed by atoms with Gasteiger partial charge in [-0.3, -0.25) is 4.98 Å². The van der Waals surface area contributed by atoms with E-state index in [0.717, 1.165) is 6.20 Å². The molecule has 2 aromatic heterocycles. The van der Waals surface area contributed by atoms with Crippen LogP contribution in [0.1, 0.15) is 19.7 Å². The van der Waals surface area contributed by atoms with E-state index in [0.29, 0.717) is 18.5 Å². The normalized spacial score (nSPS) is 11.1. The highest BCUT2D eigenvalue weighted by molar-refractivity contribution is 5.51. The zero-order valence-electron chi connectivity index (χ0n) is 9.64. The Bertz CT molecular complexity index is 498. The summed E-state index contributed by atoms with van der Waals surface area (Å²) >= 11 is 0. The number of aromatic nitrogens is 3. The maximum absolute atomic E-state index is 13.4. The molecule has 0 aliphatic carbocycles. The fourth-order valence-electron chi connectivity index (χ4n) is 1.27. The minimum atomic E-state index is -0.473. The molecule has 0 saturated carbocycles. The van der Waals surface area contributed by atoms with Crippen molar-refractivity contribution in [1.82, 2.24) is 20.5 Å². The van der Waals surface area contributed by atoms with Gasteiger partial charge in [-0.1, -0.05) is 13.8 Å². The fourth-order valence-corrected chi connectivity index (χ4v) is 1.27. The SMILES string of the molecule is CC(C)NCc1nnc(-c2ccncc2F)o1. The minimum absolute atomic E-state index is 0.172. The van der Waals surface area contributed by atoms with Crippen molar-refractivity contribution in [2.45, 2.75) is 26.4 Å². The van der Waals surface area contributed by atoms with Crippen molar-refractivity contribution in [2.75, 3.05) is 0 Å². The van der Waals surface area contributed by atoms with Gasteiger partial charge in [0.2, 0.25) is 5.89 Å². The lowest BCUT2D eigenvalue weighted by Gasteiger charge is -2.03. The number of halogens is 1. The van der Waals surface area contributed by atoms with Crippen LogP contribution in [0.2, 0.25) is 0 Å². The molecule has 0 bridgehead atoms. The zero-order valence-corrected chi connectivity index (χ0v) is 9.64. The summed E-state index contributed by atoms with van der Waals surface area (Å²) in [5, 5.41) is 10.8. The second-order valence-corrected chi connectivity index (χ2v) is 3.89. The molecule has 0 radical (unpaired) electrons. The maximum Gasteiger partial charge on any atom is 0.250 e. The summed E-state index contributed by atoms with van der Waals surface area (Å²) in [6, 6.07) is 1.82. The Morgan fingerprint density at radius 3 is 2.94 bits per heavy atom. The maximum atomic E-state index is 13.4. The van der Waals surface area contributed by atoms with E-state index in [1.165, 1.54) is 12.3 Å². The van der Waals surface area contributed by atoms with Gasteiger partial charge >= 0.3 is 0 Å². The molecule has 0 atom stereocenters. The summed E-state index contributed by atoms with van der Waals surface area (Å²) in [7, 11) is 0. The van der Waals surface area contributed by atoms with Crippen LogP contribution in [0, 0.1) is 5.82 Å². The second-order valence-electron chi connectivity index (χ2n) is 3.89. The highest BCUT2D eigenvalue weighted by Gasteiger charge is 2.12. The first-order valence-corrected chi connectivity index (χ1v) is 5.32. The van der Waals surface area contributed by atoms with Crippen molar-refractivity contribution in [3.63, 3.8) is 0 Å². The third kappa shape index (κ3) is 2.85. The largest absolute Gasteiger partial charge is 0.419 e. The van der Waals surface area contributed by atoms with Crippen molar-refractivity contribution >= 4 is 0 Å². The lowest BCUT2D eigenvalue weighted by molar-refractivity contribution is 0.457. The monoisotopic (exact) mass is 236 g/mol. The highest BCUT2D eigenvalue weighted by Crippen LogP contribution is 2.19. The summed E-state index contributed by atoms with van der Waals surface area (Å²) in [5.74, 6) is 0.134. The highest BCUT2D eigenvalue weighted by atomic mass is 19.1. The van der Waals surface area contributed by atoms with Gasteiger partial charge in [0.05, 0.1) is 18.3 Å². The lowest BCUT2D eigenvalue weighted by Crippen LogP contribution is -2.21. The molecule has 0 fully saturated rings. The molecular formula is C11H13FN4O. The van der Waals surface area contributed by atoms with E-state index >= 15 is 0 Å². The average molecular weight is 236 g/mol. The molecule has 0 saturated heterocycles. The van der Waals surface area contributed by atoms with Crippen LogP contribution < -0.4 is 5.32 Å². The summed E-state index contributed by atoms with van der Waals surface area (Å²) in [5.41, 5.74) is 0.267. The van der Waals surface area contributed by atoms with E-state index in [1.54, 1.807) is 0 Å².